The van der Waals surface area contributed by atoms with E-state index in [4.69, 9.17) is 11.6 Å². The van der Waals surface area contributed by atoms with Gasteiger partial charge in [-0.05, 0) is 39.8 Å². The van der Waals surface area contributed by atoms with E-state index in [-0.39, 0.29) is 29.8 Å². The van der Waals surface area contributed by atoms with Crippen molar-refractivity contribution in [3.8, 4) is 0 Å². The Balaban J connectivity index is 0.00000256. The van der Waals surface area contributed by atoms with E-state index in [1.54, 1.807) is 12.1 Å². The highest BCUT2D eigenvalue weighted by Gasteiger charge is 2.21. The molecule has 0 aromatic heterocycles. The quantitative estimate of drug-likeness (QED) is 0.852. The van der Waals surface area contributed by atoms with E-state index < -0.39 is 0 Å². The second-order valence-corrected chi connectivity index (χ2v) is 5.37. The highest BCUT2D eigenvalue weighted by atomic mass is 35.5. The van der Waals surface area contributed by atoms with Crippen LogP contribution in [0.5, 0.6) is 0 Å². The summed E-state index contributed by atoms with van der Waals surface area (Å²) in [5, 5.41) is 3.75. The van der Waals surface area contributed by atoms with E-state index in [1.807, 2.05) is 39.8 Å². The predicted octanol–water partition coefficient (Wildman–Crippen LogP) is 3.72. The first-order valence-corrected chi connectivity index (χ1v) is 5.75. The molecule has 1 rings (SSSR count). The molecule has 0 saturated carbocycles. The van der Waals surface area contributed by atoms with Gasteiger partial charge in [-0.15, -0.1) is 12.4 Å². The third-order valence-electron chi connectivity index (χ3n) is 2.18. The van der Waals surface area contributed by atoms with Gasteiger partial charge >= 0.3 is 0 Å². The molecule has 0 amide bonds. The third-order valence-corrected chi connectivity index (χ3v) is 2.51. The number of Topliss-reactive ketones (excluding diaryl/α,β-unsaturated/α-hetero) is 1. The number of hydrogen-bond acceptors (Lipinski definition) is 2. The average molecular weight is 276 g/mol. The summed E-state index contributed by atoms with van der Waals surface area (Å²) in [5.41, 5.74) is 0.490. The topological polar surface area (TPSA) is 29.1 Å². The molecule has 1 unspecified atom stereocenters. The van der Waals surface area contributed by atoms with Gasteiger partial charge in [0.1, 0.15) is 0 Å². The molecule has 0 spiro atoms. The van der Waals surface area contributed by atoms with Crippen LogP contribution in [-0.2, 0) is 0 Å². The zero-order valence-corrected chi connectivity index (χ0v) is 12.2. The molecule has 0 aliphatic heterocycles. The summed E-state index contributed by atoms with van der Waals surface area (Å²) in [6, 6.07) is 6.90. The van der Waals surface area contributed by atoms with E-state index in [1.165, 1.54) is 0 Å². The molecular weight excluding hydrogens is 257 g/mol. The maximum absolute atomic E-state index is 12.1. The van der Waals surface area contributed by atoms with Crippen LogP contribution in [0.25, 0.3) is 0 Å². The Morgan fingerprint density at radius 3 is 2.29 bits per heavy atom. The van der Waals surface area contributed by atoms with Gasteiger partial charge in [0.15, 0.2) is 5.78 Å². The molecule has 4 heteroatoms. The number of halogens is 2. The smallest absolute Gasteiger partial charge is 0.180 e. The minimum atomic E-state index is -0.236. The summed E-state index contributed by atoms with van der Waals surface area (Å²) in [6.07, 6.45) is 0. The third kappa shape index (κ3) is 5.07. The molecule has 1 atom stereocenters. The van der Waals surface area contributed by atoms with Crippen LogP contribution < -0.4 is 5.32 Å². The highest BCUT2D eigenvalue weighted by molar-refractivity contribution is 6.34. The van der Waals surface area contributed by atoms with Gasteiger partial charge in [-0.25, -0.2) is 0 Å². The van der Waals surface area contributed by atoms with Gasteiger partial charge in [0, 0.05) is 11.1 Å². The Morgan fingerprint density at radius 2 is 1.82 bits per heavy atom. The van der Waals surface area contributed by atoms with Crippen molar-refractivity contribution in [2.24, 2.45) is 0 Å². The van der Waals surface area contributed by atoms with Crippen LogP contribution in [0, 0.1) is 0 Å². The molecule has 0 saturated heterocycles. The van der Waals surface area contributed by atoms with Gasteiger partial charge in [0.05, 0.1) is 11.1 Å². The van der Waals surface area contributed by atoms with Crippen molar-refractivity contribution < 1.29 is 4.79 Å². The van der Waals surface area contributed by atoms with Gasteiger partial charge in [0.25, 0.3) is 0 Å². The van der Waals surface area contributed by atoms with Crippen LogP contribution in [0.3, 0.4) is 0 Å². The fourth-order valence-electron chi connectivity index (χ4n) is 1.61. The number of carbonyl (C=O) groups is 1. The molecule has 0 aliphatic rings. The Labute approximate surface area is 114 Å². The SMILES string of the molecule is CC(NC(C)(C)C)C(=O)c1ccccc1Cl.Cl. The van der Waals surface area contributed by atoms with Crippen LogP contribution in [0.2, 0.25) is 5.02 Å². The van der Waals surface area contributed by atoms with Gasteiger partial charge in [-0.1, -0.05) is 23.7 Å². The maximum atomic E-state index is 12.1. The number of rotatable bonds is 3. The molecule has 1 N–H and O–H groups in total. The zero-order valence-electron chi connectivity index (χ0n) is 10.6. The maximum Gasteiger partial charge on any atom is 0.180 e. The molecule has 1 aromatic carbocycles. The second-order valence-electron chi connectivity index (χ2n) is 4.96. The fraction of sp³-hybridized carbons (Fsp3) is 0.462. The number of nitrogens with one attached hydrogen (secondary N) is 1. The minimum absolute atomic E-state index is 0. The van der Waals surface area contributed by atoms with Gasteiger partial charge in [-0.3, -0.25) is 4.79 Å². The largest absolute Gasteiger partial charge is 0.303 e. The summed E-state index contributed by atoms with van der Waals surface area (Å²) in [7, 11) is 0. The first-order valence-electron chi connectivity index (χ1n) is 5.38. The molecule has 0 fully saturated rings. The van der Waals surface area contributed by atoms with Crippen LogP contribution in [0.15, 0.2) is 24.3 Å². The van der Waals surface area contributed by atoms with Crippen LogP contribution in [-0.4, -0.2) is 17.4 Å². The predicted molar refractivity (Wildman–Crippen MR) is 75.4 cm³/mol. The first-order chi connectivity index (χ1) is 7.31. The standard InChI is InChI=1S/C13H18ClNO.ClH/c1-9(15-13(2,3)4)12(16)10-7-5-6-8-11(10)14;/h5-9,15H,1-4H3;1H. The van der Waals surface area contributed by atoms with Crippen LogP contribution in [0.1, 0.15) is 38.1 Å². The minimum Gasteiger partial charge on any atom is -0.303 e. The lowest BCUT2D eigenvalue weighted by Gasteiger charge is -2.25. The van der Waals surface area contributed by atoms with Gasteiger partial charge < -0.3 is 5.32 Å². The molecule has 17 heavy (non-hydrogen) atoms. The van der Waals surface area contributed by atoms with Crippen molar-refractivity contribution in [1.82, 2.24) is 5.32 Å². The average Bonchev–Trinajstić information content (AvgIpc) is 2.15. The normalized spacial score (nSPS) is 12.8. The first kappa shape index (κ1) is 16.4. The molecule has 2 nitrogen and oxygen atoms in total. The Morgan fingerprint density at radius 1 is 1.29 bits per heavy atom. The molecule has 0 radical (unpaired) electrons. The molecule has 1 aromatic rings. The second kappa shape index (κ2) is 6.39. The highest BCUT2D eigenvalue weighted by Crippen LogP contribution is 2.17. The molecule has 96 valence electrons. The van der Waals surface area contributed by atoms with E-state index in [9.17, 15) is 4.79 Å². The zero-order chi connectivity index (χ0) is 12.3. The Kier molecular flexibility index (Phi) is 6.17. The van der Waals surface area contributed by atoms with Crippen molar-refractivity contribution >= 4 is 29.8 Å². The van der Waals surface area contributed by atoms with Crippen molar-refractivity contribution in [1.29, 1.82) is 0 Å². The van der Waals surface area contributed by atoms with E-state index >= 15 is 0 Å². The number of ketones is 1. The van der Waals surface area contributed by atoms with E-state index in [0.29, 0.717) is 10.6 Å². The van der Waals surface area contributed by atoms with Crippen molar-refractivity contribution in [2.45, 2.75) is 39.3 Å². The van der Waals surface area contributed by atoms with E-state index in [2.05, 4.69) is 5.32 Å². The summed E-state index contributed by atoms with van der Waals surface area (Å²) >= 11 is 5.99. The Hall–Kier alpha value is -0.570. The lowest BCUT2D eigenvalue weighted by atomic mass is 10.0. The molecular formula is C13H19Cl2NO. The lowest BCUT2D eigenvalue weighted by molar-refractivity contribution is 0.0936. The van der Waals surface area contributed by atoms with Crippen molar-refractivity contribution in [2.75, 3.05) is 0 Å². The molecule has 0 heterocycles. The summed E-state index contributed by atoms with van der Waals surface area (Å²) in [5.74, 6) is 0.0283. The summed E-state index contributed by atoms with van der Waals surface area (Å²) in [4.78, 5) is 12.1. The summed E-state index contributed by atoms with van der Waals surface area (Å²) in [6.45, 7) is 7.95. The molecule has 0 aliphatic carbocycles. The van der Waals surface area contributed by atoms with Crippen LogP contribution in [0.4, 0.5) is 0 Å². The Bertz CT molecular complexity index is 385. The van der Waals surface area contributed by atoms with Crippen LogP contribution >= 0.6 is 24.0 Å². The number of carbonyl (C=O) groups excluding carboxylic acids is 1. The monoisotopic (exact) mass is 275 g/mol. The van der Waals surface area contributed by atoms with Gasteiger partial charge in [0.2, 0.25) is 0 Å². The molecule has 0 bridgehead atoms. The van der Waals surface area contributed by atoms with Gasteiger partial charge in [-0.2, -0.15) is 0 Å². The van der Waals surface area contributed by atoms with E-state index in [0.717, 1.165) is 0 Å². The van der Waals surface area contributed by atoms with Crippen molar-refractivity contribution in [3.63, 3.8) is 0 Å². The number of hydrogen-bond donors (Lipinski definition) is 1. The lowest BCUT2D eigenvalue weighted by Crippen LogP contribution is -2.46. The fourth-order valence-corrected chi connectivity index (χ4v) is 1.84. The number of benzene rings is 1. The summed E-state index contributed by atoms with van der Waals surface area (Å²) < 4.78 is 0. The van der Waals surface area contributed by atoms with Crippen molar-refractivity contribution in [3.05, 3.63) is 34.9 Å².